The van der Waals surface area contributed by atoms with Crippen molar-refractivity contribution < 1.29 is 0 Å². The zero-order valence-corrected chi connectivity index (χ0v) is 21.7. The molecule has 3 rings (SSSR count). The quantitative estimate of drug-likeness (QED) is 0.307. The smallest absolute Gasteiger partial charge is 0.194 e. The molecule has 172 valence electrons. The summed E-state index contributed by atoms with van der Waals surface area (Å²) in [7, 11) is 2.07. The number of nitrogens with zero attached hydrogens (tertiary/aromatic N) is 5. The lowest BCUT2D eigenvalue weighted by atomic mass is 10.2. The molecule has 7 nitrogen and oxygen atoms in total. The Morgan fingerprint density at radius 3 is 2.55 bits per heavy atom. The fourth-order valence-corrected chi connectivity index (χ4v) is 3.83. The monoisotopic (exact) mass is 539 g/mol. The van der Waals surface area contributed by atoms with Gasteiger partial charge in [-0.1, -0.05) is 37.3 Å². The van der Waals surface area contributed by atoms with Gasteiger partial charge in [0.1, 0.15) is 5.82 Å². The van der Waals surface area contributed by atoms with Crippen molar-refractivity contribution in [1.29, 1.82) is 0 Å². The van der Waals surface area contributed by atoms with Crippen LogP contribution in [0.4, 0.5) is 0 Å². The van der Waals surface area contributed by atoms with Gasteiger partial charge in [0.2, 0.25) is 0 Å². The molecule has 1 aromatic heterocycles. The van der Waals surface area contributed by atoms with Crippen molar-refractivity contribution in [2.24, 2.45) is 4.99 Å². The molecule has 8 heteroatoms. The number of likely N-dealkylation sites (N-methyl/N-ethyl adjacent to an activating group) is 1. The molecule has 2 N–H and O–H groups in total. The Bertz CT molecular complexity index is 784. The number of aliphatic imine (C=N–C) groups is 1. The molecule has 1 aliphatic rings. The Morgan fingerprint density at radius 2 is 1.90 bits per heavy atom. The Balaban J connectivity index is 0.00000341. The summed E-state index contributed by atoms with van der Waals surface area (Å²) in [4.78, 5) is 20.1. The van der Waals surface area contributed by atoms with Crippen LogP contribution in [0.3, 0.4) is 0 Å². The fraction of sp³-hybridized carbons (Fsp3) is 0.565. The van der Waals surface area contributed by atoms with Gasteiger partial charge in [-0.3, -0.25) is 9.89 Å². The van der Waals surface area contributed by atoms with Crippen LogP contribution in [0.25, 0.3) is 11.3 Å². The zero-order chi connectivity index (χ0) is 21.3. The fourth-order valence-electron chi connectivity index (χ4n) is 3.83. The predicted octanol–water partition coefficient (Wildman–Crippen LogP) is 3.12. The highest BCUT2D eigenvalue weighted by Gasteiger charge is 2.20. The number of imidazole rings is 1. The number of piperazine rings is 1. The summed E-state index contributed by atoms with van der Waals surface area (Å²) >= 11 is 0. The van der Waals surface area contributed by atoms with E-state index in [1.165, 1.54) is 0 Å². The molecule has 0 spiro atoms. The van der Waals surface area contributed by atoms with E-state index in [1.807, 2.05) is 24.4 Å². The normalized spacial score (nSPS) is 16.6. The molecule has 1 unspecified atom stereocenters. The highest BCUT2D eigenvalue weighted by atomic mass is 127. The SMILES string of the molecule is CCNC(=NCC(C)N1CCN(CC)CC1)N(C)Cc1ncc(-c2ccccc2)[nH]1.I. The van der Waals surface area contributed by atoms with Gasteiger partial charge in [0.15, 0.2) is 5.96 Å². The molecule has 1 fully saturated rings. The first-order valence-corrected chi connectivity index (χ1v) is 11.2. The Labute approximate surface area is 204 Å². The Kier molecular flexibility index (Phi) is 10.8. The first kappa shape index (κ1) is 25.6. The number of guanidine groups is 1. The molecule has 0 saturated carbocycles. The zero-order valence-electron chi connectivity index (χ0n) is 19.3. The van der Waals surface area contributed by atoms with E-state index in [9.17, 15) is 0 Å². The number of nitrogens with one attached hydrogen (secondary N) is 2. The molecule has 0 amide bonds. The maximum absolute atomic E-state index is 4.92. The highest BCUT2D eigenvalue weighted by Crippen LogP contribution is 2.16. The number of H-pyrrole nitrogens is 1. The van der Waals surface area contributed by atoms with Crippen LogP contribution < -0.4 is 5.32 Å². The van der Waals surface area contributed by atoms with Crippen LogP contribution >= 0.6 is 24.0 Å². The van der Waals surface area contributed by atoms with Gasteiger partial charge >= 0.3 is 0 Å². The van der Waals surface area contributed by atoms with Gasteiger partial charge in [-0.2, -0.15) is 0 Å². The first-order chi connectivity index (χ1) is 14.6. The van der Waals surface area contributed by atoms with Crippen LogP contribution in [0.5, 0.6) is 0 Å². The number of hydrogen-bond acceptors (Lipinski definition) is 4. The molecule has 0 bridgehead atoms. The number of benzene rings is 1. The lowest BCUT2D eigenvalue weighted by Gasteiger charge is -2.37. The summed E-state index contributed by atoms with van der Waals surface area (Å²) in [6, 6.07) is 10.7. The van der Waals surface area contributed by atoms with Gasteiger partial charge in [0.05, 0.1) is 25.0 Å². The van der Waals surface area contributed by atoms with Crippen LogP contribution in [-0.2, 0) is 6.54 Å². The minimum Gasteiger partial charge on any atom is -0.357 e. The van der Waals surface area contributed by atoms with Gasteiger partial charge in [-0.05, 0) is 26.0 Å². The van der Waals surface area contributed by atoms with E-state index in [-0.39, 0.29) is 24.0 Å². The van der Waals surface area contributed by atoms with Crippen LogP contribution in [-0.4, -0.2) is 89.5 Å². The second-order valence-corrected chi connectivity index (χ2v) is 7.98. The molecular weight excluding hydrogens is 501 g/mol. The van der Waals surface area contributed by atoms with Gasteiger partial charge in [0, 0.05) is 45.8 Å². The summed E-state index contributed by atoms with van der Waals surface area (Å²) in [5, 5.41) is 3.42. The molecule has 1 atom stereocenters. The van der Waals surface area contributed by atoms with Gasteiger partial charge < -0.3 is 20.1 Å². The first-order valence-electron chi connectivity index (χ1n) is 11.2. The molecule has 0 aliphatic carbocycles. The summed E-state index contributed by atoms with van der Waals surface area (Å²) in [6.45, 7) is 14.7. The third kappa shape index (κ3) is 7.47. The van der Waals surface area contributed by atoms with Crippen molar-refractivity contribution in [3.05, 3.63) is 42.4 Å². The summed E-state index contributed by atoms with van der Waals surface area (Å²) < 4.78 is 0. The van der Waals surface area contributed by atoms with Crippen molar-refractivity contribution in [3.63, 3.8) is 0 Å². The predicted molar refractivity (Wildman–Crippen MR) is 140 cm³/mol. The molecule has 2 heterocycles. The maximum Gasteiger partial charge on any atom is 0.194 e. The molecule has 31 heavy (non-hydrogen) atoms. The van der Waals surface area contributed by atoms with Gasteiger partial charge in [0.25, 0.3) is 0 Å². The number of hydrogen-bond donors (Lipinski definition) is 2. The molecule has 1 aromatic carbocycles. The lowest BCUT2D eigenvalue weighted by molar-refractivity contribution is 0.109. The number of aromatic nitrogens is 2. The molecule has 1 aliphatic heterocycles. The van der Waals surface area contributed by atoms with Crippen molar-refractivity contribution in [2.45, 2.75) is 33.4 Å². The van der Waals surface area contributed by atoms with E-state index in [0.717, 1.165) is 68.9 Å². The van der Waals surface area contributed by atoms with Crippen LogP contribution in [0.2, 0.25) is 0 Å². The van der Waals surface area contributed by atoms with Crippen molar-refractivity contribution >= 4 is 29.9 Å². The van der Waals surface area contributed by atoms with Gasteiger partial charge in [-0.15, -0.1) is 24.0 Å². The Hall–Kier alpha value is -1.65. The molecule has 2 aromatic rings. The average molecular weight is 540 g/mol. The molecule has 0 radical (unpaired) electrons. The van der Waals surface area contributed by atoms with Gasteiger partial charge in [-0.25, -0.2) is 4.98 Å². The largest absolute Gasteiger partial charge is 0.357 e. The van der Waals surface area contributed by atoms with Crippen molar-refractivity contribution in [2.75, 3.05) is 52.9 Å². The second-order valence-electron chi connectivity index (χ2n) is 7.98. The number of aromatic amines is 1. The summed E-state index contributed by atoms with van der Waals surface area (Å²) in [5.74, 6) is 1.86. The average Bonchev–Trinajstić information content (AvgIpc) is 3.25. The van der Waals surface area contributed by atoms with Crippen LogP contribution in [0.1, 0.15) is 26.6 Å². The van der Waals surface area contributed by atoms with E-state index < -0.39 is 0 Å². The second kappa shape index (κ2) is 13.0. The summed E-state index contributed by atoms with van der Waals surface area (Å²) in [6.07, 6.45) is 1.90. The maximum atomic E-state index is 4.92. The van der Waals surface area contributed by atoms with Crippen LogP contribution in [0.15, 0.2) is 41.5 Å². The number of halogens is 1. The van der Waals surface area contributed by atoms with E-state index in [2.05, 4.69) is 69.9 Å². The van der Waals surface area contributed by atoms with Crippen molar-refractivity contribution in [1.82, 2.24) is 30.0 Å². The van der Waals surface area contributed by atoms with Crippen LogP contribution in [0, 0.1) is 0 Å². The topological polar surface area (TPSA) is 62.8 Å². The van der Waals surface area contributed by atoms with E-state index >= 15 is 0 Å². The highest BCUT2D eigenvalue weighted by molar-refractivity contribution is 14.0. The number of rotatable bonds is 8. The third-order valence-electron chi connectivity index (χ3n) is 5.78. The minimum absolute atomic E-state index is 0. The molecule has 1 saturated heterocycles. The standard InChI is InChI=1S/C23H37N7.HI/c1-5-24-23(26-16-19(3)30-14-12-29(6-2)13-15-30)28(4)18-22-25-17-21(27-22)20-10-8-7-9-11-20;/h7-11,17,19H,5-6,12-16,18H2,1-4H3,(H,24,26)(H,25,27);1H. The van der Waals surface area contributed by atoms with E-state index in [4.69, 9.17) is 4.99 Å². The summed E-state index contributed by atoms with van der Waals surface area (Å²) in [5.41, 5.74) is 2.19. The van der Waals surface area contributed by atoms with E-state index in [1.54, 1.807) is 0 Å². The van der Waals surface area contributed by atoms with E-state index in [0.29, 0.717) is 12.6 Å². The molecular formula is C23H38IN7. The lowest BCUT2D eigenvalue weighted by Crippen LogP contribution is -2.50. The third-order valence-corrected chi connectivity index (χ3v) is 5.78. The van der Waals surface area contributed by atoms with Crippen molar-refractivity contribution in [3.8, 4) is 11.3 Å². The minimum atomic E-state index is 0. The Morgan fingerprint density at radius 1 is 1.19 bits per heavy atom.